The predicted octanol–water partition coefficient (Wildman–Crippen LogP) is 0.250. The molecule has 66 valence electrons. The molecule has 1 aromatic rings. The topological polar surface area (TPSA) is 39.9 Å². The van der Waals surface area contributed by atoms with Crippen molar-refractivity contribution in [3.05, 3.63) is 12.4 Å². The van der Waals surface area contributed by atoms with E-state index in [-0.39, 0.29) is 5.50 Å². The smallest absolute Gasteiger partial charge is 0.301 e. The van der Waals surface area contributed by atoms with Crippen LogP contribution >= 0.6 is 0 Å². The van der Waals surface area contributed by atoms with Crippen LogP contribution in [0, 0.1) is 0 Å². The third-order valence-corrected chi connectivity index (χ3v) is 1.55. The van der Waals surface area contributed by atoms with Crippen LogP contribution in [0.1, 0.15) is 20.8 Å². The van der Waals surface area contributed by atoms with E-state index in [0.29, 0.717) is 0 Å². The maximum atomic E-state index is 5.51. The van der Waals surface area contributed by atoms with Crippen molar-refractivity contribution in [1.29, 1.82) is 0 Å². The summed E-state index contributed by atoms with van der Waals surface area (Å²) in [5.74, 6) is 0. The number of ether oxygens (including phenoxy) is 1. The van der Waals surface area contributed by atoms with E-state index in [9.17, 15) is 0 Å². The van der Waals surface area contributed by atoms with E-state index in [1.165, 1.54) is 0 Å². The Balaban J connectivity index is 2.50. The normalized spacial score (nSPS) is 11.6. The molecule has 4 nitrogen and oxygen atoms in total. The van der Waals surface area contributed by atoms with Crippen molar-refractivity contribution in [2.24, 2.45) is 0 Å². The lowest BCUT2D eigenvalue weighted by Crippen LogP contribution is -2.37. The van der Waals surface area contributed by atoms with Crippen molar-refractivity contribution in [2.45, 2.75) is 26.3 Å². The van der Waals surface area contributed by atoms with Gasteiger partial charge in [0.25, 0.3) is 0 Å². The zero-order chi connectivity index (χ0) is 9.03. The Morgan fingerprint density at radius 3 is 2.83 bits per heavy atom. The molecule has 0 saturated heterocycles. The monoisotopic (exact) mass is 167 g/mol. The first kappa shape index (κ1) is 9.25. The maximum Gasteiger partial charge on any atom is 0.301 e. The van der Waals surface area contributed by atoms with E-state index >= 15 is 0 Å². The molecule has 0 bridgehead atoms. The first-order chi connectivity index (χ1) is 5.64. The van der Waals surface area contributed by atoms with Crippen LogP contribution in [0.2, 0.25) is 0 Å². The second-order valence-electron chi connectivity index (χ2n) is 3.29. The Labute approximate surface area is 73.2 Å². The highest BCUT2D eigenvalue weighted by molar-refractivity contribution is 6.37. The first-order valence-corrected chi connectivity index (χ1v) is 4.12. The summed E-state index contributed by atoms with van der Waals surface area (Å²) >= 11 is 0. The molecule has 5 heteroatoms. The summed E-state index contributed by atoms with van der Waals surface area (Å²) in [5.41, 5.74) is -0.164. The van der Waals surface area contributed by atoms with Crippen molar-refractivity contribution in [3.8, 4) is 0 Å². The van der Waals surface area contributed by atoms with Gasteiger partial charge in [0.15, 0.2) is 0 Å². The molecular formula is C7H14BN3O. The lowest BCUT2D eigenvalue weighted by molar-refractivity contribution is 0.0510. The number of nitrogens with zero attached hydrogens (tertiary/aromatic N) is 3. The Bertz CT molecular complexity index is 223. The highest BCUT2D eigenvalue weighted by atomic mass is 16.5. The van der Waals surface area contributed by atoms with Gasteiger partial charge in [-0.3, -0.25) is 4.59 Å². The standard InChI is InChI=1S/C7H14BN3O/c1-4-12-7(2,3)8-11-6-5-9-10-11/h5-6,8H,4H2,1-3H3. The second kappa shape index (κ2) is 3.71. The maximum absolute atomic E-state index is 5.51. The van der Waals surface area contributed by atoms with Gasteiger partial charge in [-0.05, 0) is 20.8 Å². The lowest BCUT2D eigenvalue weighted by Gasteiger charge is -2.22. The van der Waals surface area contributed by atoms with Gasteiger partial charge in [0, 0.05) is 12.8 Å². The van der Waals surface area contributed by atoms with E-state index in [4.69, 9.17) is 4.74 Å². The van der Waals surface area contributed by atoms with Crippen LogP contribution in [0.15, 0.2) is 12.4 Å². The van der Waals surface area contributed by atoms with Gasteiger partial charge in [0.05, 0.1) is 11.7 Å². The third kappa shape index (κ3) is 2.66. The molecular weight excluding hydrogens is 153 g/mol. The fourth-order valence-electron chi connectivity index (χ4n) is 1.14. The summed E-state index contributed by atoms with van der Waals surface area (Å²) in [5, 5.41) is 7.59. The minimum absolute atomic E-state index is 0.164. The quantitative estimate of drug-likeness (QED) is 0.603. The molecule has 0 aliphatic rings. The van der Waals surface area contributed by atoms with Gasteiger partial charge in [0.2, 0.25) is 0 Å². The Kier molecular flexibility index (Phi) is 2.86. The SMILES string of the molecule is CCOC(C)(C)Bn1ccnn1. The van der Waals surface area contributed by atoms with Crippen LogP contribution in [0.3, 0.4) is 0 Å². The fraction of sp³-hybridized carbons (Fsp3) is 0.714. The van der Waals surface area contributed by atoms with Gasteiger partial charge in [-0.2, -0.15) is 0 Å². The average molecular weight is 167 g/mol. The van der Waals surface area contributed by atoms with Crippen molar-refractivity contribution in [1.82, 2.24) is 14.9 Å². The zero-order valence-electron chi connectivity index (χ0n) is 7.82. The van der Waals surface area contributed by atoms with Crippen LogP contribution in [0.5, 0.6) is 0 Å². The molecule has 0 aromatic carbocycles. The molecule has 12 heavy (non-hydrogen) atoms. The van der Waals surface area contributed by atoms with E-state index in [2.05, 4.69) is 10.3 Å². The molecule has 0 unspecified atom stereocenters. The Morgan fingerprint density at radius 1 is 1.58 bits per heavy atom. The summed E-state index contributed by atoms with van der Waals surface area (Å²) in [4.78, 5) is 0. The zero-order valence-corrected chi connectivity index (χ0v) is 7.82. The third-order valence-electron chi connectivity index (χ3n) is 1.55. The van der Waals surface area contributed by atoms with Gasteiger partial charge < -0.3 is 4.74 Å². The van der Waals surface area contributed by atoms with E-state index in [0.717, 1.165) is 14.0 Å². The number of aromatic nitrogens is 3. The molecule has 0 aliphatic heterocycles. The molecule has 0 saturated carbocycles. The van der Waals surface area contributed by atoms with Gasteiger partial charge >= 0.3 is 7.41 Å². The Hall–Kier alpha value is -0.835. The number of hydrogen-bond acceptors (Lipinski definition) is 3. The first-order valence-electron chi connectivity index (χ1n) is 4.12. The fourth-order valence-corrected chi connectivity index (χ4v) is 1.14. The average Bonchev–Trinajstić information content (AvgIpc) is 2.38. The molecule has 0 spiro atoms. The van der Waals surface area contributed by atoms with Crippen LogP contribution in [-0.2, 0) is 4.74 Å². The summed E-state index contributed by atoms with van der Waals surface area (Å²) < 4.78 is 7.29. The largest absolute Gasteiger partial charge is 0.382 e. The van der Waals surface area contributed by atoms with Gasteiger partial charge in [-0.25, -0.2) is 0 Å². The molecule has 0 fully saturated rings. The highest BCUT2D eigenvalue weighted by Crippen LogP contribution is 2.06. The summed E-state index contributed by atoms with van der Waals surface area (Å²) in [6.45, 7) is 6.79. The minimum Gasteiger partial charge on any atom is -0.382 e. The Morgan fingerprint density at radius 2 is 2.33 bits per heavy atom. The van der Waals surface area contributed by atoms with Crippen molar-refractivity contribution in [2.75, 3.05) is 6.61 Å². The van der Waals surface area contributed by atoms with Gasteiger partial charge in [-0.15, -0.1) is 5.10 Å². The minimum atomic E-state index is -0.164. The summed E-state index contributed by atoms with van der Waals surface area (Å²) in [6.07, 6.45) is 3.50. The van der Waals surface area contributed by atoms with Crippen molar-refractivity contribution < 1.29 is 4.74 Å². The van der Waals surface area contributed by atoms with Gasteiger partial charge in [-0.1, -0.05) is 5.21 Å². The summed E-state index contributed by atoms with van der Waals surface area (Å²) in [6, 6.07) is 0. The lowest BCUT2D eigenvalue weighted by atomic mass is 9.73. The summed E-state index contributed by atoms with van der Waals surface area (Å²) in [7, 11) is 0.737. The van der Waals surface area contributed by atoms with E-state index in [1.807, 2.05) is 27.0 Å². The van der Waals surface area contributed by atoms with Crippen LogP contribution in [0.25, 0.3) is 0 Å². The van der Waals surface area contributed by atoms with Crippen molar-refractivity contribution >= 4 is 7.41 Å². The van der Waals surface area contributed by atoms with Crippen molar-refractivity contribution in [3.63, 3.8) is 0 Å². The van der Waals surface area contributed by atoms with Crippen LogP contribution < -0.4 is 0 Å². The molecule has 0 atom stereocenters. The molecule has 0 radical (unpaired) electrons. The van der Waals surface area contributed by atoms with Crippen LogP contribution in [-0.4, -0.2) is 34.4 Å². The highest BCUT2D eigenvalue weighted by Gasteiger charge is 2.21. The number of rotatable bonds is 4. The predicted molar refractivity (Wildman–Crippen MR) is 48.3 cm³/mol. The second-order valence-corrected chi connectivity index (χ2v) is 3.29. The molecule has 0 amide bonds. The van der Waals surface area contributed by atoms with Crippen LogP contribution in [0.4, 0.5) is 0 Å². The van der Waals surface area contributed by atoms with Gasteiger partial charge in [0.1, 0.15) is 0 Å². The molecule has 0 aliphatic carbocycles. The molecule has 1 aromatic heterocycles. The molecule has 1 rings (SSSR count). The molecule has 1 heterocycles. The van der Waals surface area contributed by atoms with E-state index in [1.54, 1.807) is 10.8 Å². The number of hydrogen-bond donors (Lipinski definition) is 0. The van der Waals surface area contributed by atoms with E-state index < -0.39 is 0 Å². The molecule has 0 N–H and O–H groups in total.